The first-order valence-corrected chi connectivity index (χ1v) is 5.52. The Hall–Kier alpha value is -2.87. The van der Waals surface area contributed by atoms with Crippen LogP contribution in [0.2, 0.25) is 0 Å². The monoisotopic (exact) mass is 254 g/mol. The number of hydrogen-bond donors (Lipinski definition) is 1. The van der Waals surface area contributed by atoms with E-state index in [4.69, 9.17) is 15.1 Å². The summed E-state index contributed by atoms with van der Waals surface area (Å²) in [5, 5.41) is 17.4. The molecule has 19 heavy (non-hydrogen) atoms. The lowest BCUT2D eigenvalue weighted by atomic mass is 10.1. The molecule has 2 aromatic rings. The third-order valence-corrected chi connectivity index (χ3v) is 2.36. The zero-order valence-corrected chi connectivity index (χ0v) is 9.91. The van der Waals surface area contributed by atoms with Gasteiger partial charge in [0.25, 0.3) is 0 Å². The highest BCUT2D eigenvalue weighted by Gasteiger charge is 2.02. The minimum Gasteiger partial charge on any atom is -0.481 e. The maximum Gasteiger partial charge on any atom is 0.307 e. The summed E-state index contributed by atoms with van der Waals surface area (Å²) < 4.78 is 5.54. The van der Waals surface area contributed by atoms with E-state index in [-0.39, 0.29) is 12.1 Å². The molecule has 1 N–H and O–H groups in total. The zero-order valence-electron chi connectivity index (χ0n) is 9.91. The van der Waals surface area contributed by atoms with Crippen LogP contribution in [0.5, 0.6) is 11.5 Å². The summed E-state index contributed by atoms with van der Waals surface area (Å²) in [6.07, 6.45) is 1.47. The Morgan fingerprint density at radius 1 is 1.26 bits per heavy atom. The van der Waals surface area contributed by atoms with Crippen LogP contribution in [0.4, 0.5) is 0 Å². The van der Waals surface area contributed by atoms with Crippen LogP contribution in [0.1, 0.15) is 11.3 Å². The molecular formula is C14H10N2O3. The topological polar surface area (TPSA) is 83.2 Å². The molecule has 0 radical (unpaired) electrons. The Morgan fingerprint density at radius 3 is 2.63 bits per heavy atom. The second kappa shape index (κ2) is 5.65. The quantitative estimate of drug-likeness (QED) is 0.905. The van der Waals surface area contributed by atoms with Crippen LogP contribution in [-0.4, -0.2) is 16.1 Å². The van der Waals surface area contributed by atoms with Crippen molar-refractivity contribution in [2.45, 2.75) is 6.42 Å². The zero-order chi connectivity index (χ0) is 13.7. The Labute approximate surface area is 109 Å². The van der Waals surface area contributed by atoms with E-state index in [1.54, 1.807) is 30.3 Å². The van der Waals surface area contributed by atoms with Gasteiger partial charge in [0.15, 0.2) is 0 Å². The molecule has 0 spiro atoms. The van der Waals surface area contributed by atoms with Gasteiger partial charge in [0.1, 0.15) is 23.3 Å². The van der Waals surface area contributed by atoms with Gasteiger partial charge in [-0.25, -0.2) is 4.98 Å². The van der Waals surface area contributed by atoms with E-state index in [2.05, 4.69) is 4.98 Å². The molecule has 0 amide bonds. The fourth-order valence-corrected chi connectivity index (χ4v) is 1.52. The van der Waals surface area contributed by atoms with Crippen LogP contribution in [0.3, 0.4) is 0 Å². The summed E-state index contributed by atoms with van der Waals surface area (Å²) in [4.78, 5) is 14.4. The molecule has 0 unspecified atom stereocenters. The van der Waals surface area contributed by atoms with Crippen molar-refractivity contribution in [2.24, 2.45) is 0 Å². The summed E-state index contributed by atoms with van der Waals surface area (Å²) in [5.41, 5.74) is 0.979. The number of nitriles is 1. The van der Waals surface area contributed by atoms with Gasteiger partial charge in [-0.3, -0.25) is 4.79 Å². The predicted molar refractivity (Wildman–Crippen MR) is 66.8 cm³/mol. The fraction of sp³-hybridized carbons (Fsp3) is 0.0714. The third-order valence-electron chi connectivity index (χ3n) is 2.36. The summed E-state index contributed by atoms with van der Waals surface area (Å²) in [6.45, 7) is 0. The molecule has 2 rings (SSSR count). The molecule has 0 fully saturated rings. The Balaban J connectivity index is 2.11. The van der Waals surface area contributed by atoms with E-state index in [1.165, 1.54) is 12.3 Å². The highest BCUT2D eigenvalue weighted by molar-refractivity contribution is 5.70. The maximum atomic E-state index is 10.5. The van der Waals surface area contributed by atoms with Crippen molar-refractivity contribution in [2.75, 3.05) is 0 Å². The van der Waals surface area contributed by atoms with Crippen LogP contribution in [-0.2, 0) is 11.2 Å². The van der Waals surface area contributed by atoms with Crippen molar-refractivity contribution < 1.29 is 14.6 Å². The van der Waals surface area contributed by atoms with E-state index in [1.807, 2.05) is 6.07 Å². The number of nitrogens with zero attached hydrogens (tertiary/aromatic N) is 2. The van der Waals surface area contributed by atoms with E-state index >= 15 is 0 Å². The second-order valence-electron chi connectivity index (χ2n) is 3.81. The molecule has 94 valence electrons. The van der Waals surface area contributed by atoms with Crippen LogP contribution in [0, 0.1) is 11.3 Å². The number of hydrogen-bond acceptors (Lipinski definition) is 4. The van der Waals surface area contributed by atoms with Gasteiger partial charge in [0.2, 0.25) is 0 Å². The lowest BCUT2D eigenvalue weighted by Gasteiger charge is -2.06. The second-order valence-corrected chi connectivity index (χ2v) is 3.81. The highest BCUT2D eigenvalue weighted by atomic mass is 16.5. The number of aliphatic carboxylic acids is 1. The van der Waals surface area contributed by atoms with E-state index in [0.717, 1.165) is 0 Å². The number of benzene rings is 1. The van der Waals surface area contributed by atoms with Gasteiger partial charge in [-0.15, -0.1) is 0 Å². The molecule has 0 aliphatic carbocycles. The first-order chi connectivity index (χ1) is 9.17. The standard InChI is InChI=1S/C14H10N2O3/c15-9-11-8-13(5-6-16-11)19-12-3-1-10(2-4-12)7-14(17)18/h1-6,8H,7H2,(H,17,18). The molecule has 0 bridgehead atoms. The highest BCUT2D eigenvalue weighted by Crippen LogP contribution is 2.21. The normalized spacial score (nSPS) is 9.63. The Bertz CT molecular complexity index is 630. The molecule has 1 aromatic carbocycles. The average molecular weight is 254 g/mol. The lowest BCUT2D eigenvalue weighted by Crippen LogP contribution is -1.99. The Morgan fingerprint density at radius 2 is 2.00 bits per heavy atom. The van der Waals surface area contributed by atoms with Crippen molar-refractivity contribution in [1.29, 1.82) is 5.26 Å². The van der Waals surface area contributed by atoms with E-state index < -0.39 is 5.97 Å². The Kier molecular flexibility index (Phi) is 3.74. The van der Waals surface area contributed by atoms with Crippen LogP contribution >= 0.6 is 0 Å². The predicted octanol–water partition coefficient (Wildman–Crippen LogP) is 2.37. The van der Waals surface area contributed by atoms with E-state index in [9.17, 15) is 4.79 Å². The van der Waals surface area contributed by atoms with E-state index in [0.29, 0.717) is 17.1 Å². The first-order valence-electron chi connectivity index (χ1n) is 5.52. The molecule has 0 aliphatic heterocycles. The molecule has 0 atom stereocenters. The molecular weight excluding hydrogens is 244 g/mol. The molecule has 5 heteroatoms. The van der Waals surface area contributed by atoms with Crippen LogP contribution < -0.4 is 4.74 Å². The largest absolute Gasteiger partial charge is 0.481 e. The minimum absolute atomic E-state index is 0.0197. The third kappa shape index (κ3) is 3.54. The molecule has 0 saturated heterocycles. The minimum atomic E-state index is -0.874. The van der Waals surface area contributed by atoms with Crippen LogP contribution in [0.15, 0.2) is 42.6 Å². The first kappa shape index (κ1) is 12.6. The fourth-order valence-electron chi connectivity index (χ4n) is 1.52. The maximum absolute atomic E-state index is 10.5. The SMILES string of the molecule is N#Cc1cc(Oc2ccc(CC(=O)O)cc2)ccn1. The number of carboxylic acids is 1. The van der Waals surface area contributed by atoms with Gasteiger partial charge in [-0.05, 0) is 23.8 Å². The number of carboxylic acid groups (broad SMARTS) is 1. The van der Waals surface area contributed by atoms with Gasteiger partial charge in [0, 0.05) is 12.3 Å². The molecule has 5 nitrogen and oxygen atoms in total. The summed E-state index contributed by atoms with van der Waals surface area (Å²) in [7, 11) is 0. The van der Waals surface area contributed by atoms with Gasteiger partial charge in [0.05, 0.1) is 6.42 Å². The molecule has 1 heterocycles. The van der Waals surface area contributed by atoms with Gasteiger partial charge in [-0.1, -0.05) is 12.1 Å². The smallest absolute Gasteiger partial charge is 0.307 e. The molecule has 1 aromatic heterocycles. The molecule has 0 saturated carbocycles. The van der Waals surface area contributed by atoms with Crippen molar-refractivity contribution in [1.82, 2.24) is 4.98 Å². The summed E-state index contributed by atoms with van der Waals surface area (Å²) in [6, 6.07) is 11.9. The van der Waals surface area contributed by atoms with Crippen molar-refractivity contribution in [3.8, 4) is 17.6 Å². The van der Waals surface area contributed by atoms with Gasteiger partial charge >= 0.3 is 5.97 Å². The number of pyridine rings is 1. The van der Waals surface area contributed by atoms with Crippen molar-refractivity contribution in [3.05, 3.63) is 53.9 Å². The average Bonchev–Trinajstić information content (AvgIpc) is 2.41. The van der Waals surface area contributed by atoms with Gasteiger partial charge in [-0.2, -0.15) is 5.26 Å². The van der Waals surface area contributed by atoms with Crippen molar-refractivity contribution in [3.63, 3.8) is 0 Å². The van der Waals surface area contributed by atoms with Crippen LogP contribution in [0.25, 0.3) is 0 Å². The summed E-state index contributed by atoms with van der Waals surface area (Å²) in [5.74, 6) is 0.211. The number of ether oxygens (including phenoxy) is 1. The number of rotatable bonds is 4. The lowest BCUT2D eigenvalue weighted by molar-refractivity contribution is -0.136. The van der Waals surface area contributed by atoms with Crippen molar-refractivity contribution >= 4 is 5.97 Å². The number of carbonyl (C=O) groups is 1. The van der Waals surface area contributed by atoms with Gasteiger partial charge < -0.3 is 9.84 Å². The summed E-state index contributed by atoms with van der Waals surface area (Å²) >= 11 is 0. The number of aromatic nitrogens is 1. The molecule has 0 aliphatic rings.